The van der Waals surface area contributed by atoms with Crippen LogP contribution in [0.4, 0.5) is 24.5 Å². The molecule has 0 aromatic heterocycles. The van der Waals surface area contributed by atoms with Crippen molar-refractivity contribution in [2.75, 3.05) is 23.7 Å². The lowest BCUT2D eigenvalue weighted by molar-refractivity contribution is 0.364. The molecule has 1 aliphatic heterocycles. The highest BCUT2D eigenvalue weighted by Crippen LogP contribution is 2.26. The van der Waals surface area contributed by atoms with Gasteiger partial charge in [-0.15, -0.1) is 0 Å². The van der Waals surface area contributed by atoms with Crippen LogP contribution in [0, 0.1) is 11.6 Å². The summed E-state index contributed by atoms with van der Waals surface area (Å²) in [5, 5.41) is 0. The Labute approximate surface area is 85.5 Å². The molecule has 0 saturated carbocycles. The highest BCUT2D eigenvalue weighted by Gasteiger charge is 2.23. The summed E-state index contributed by atoms with van der Waals surface area (Å²) in [6, 6.07) is 2.27. The van der Waals surface area contributed by atoms with Crippen LogP contribution in [0.25, 0.3) is 0 Å². The van der Waals surface area contributed by atoms with E-state index in [0.717, 1.165) is 12.1 Å². The first-order valence-corrected chi connectivity index (χ1v) is 4.71. The van der Waals surface area contributed by atoms with Crippen molar-refractivity contribution in [2.24, 2.45) is 0 Å². The quantitative estimate of drug-likeness (QED) is 0.728. The highest BCUT2D eigenvalue weighted by atomic mass is 19.1. The summed E-state index contributed by atoms with van der Waals surface area (Å²) in [5.41, 5.74) is 4.99. The van der Waals surface area contributed by atoms with Gasteiger partial charge in [0.05, 0.1) is 0 Å². The number of hydrogen-bond acceptors (Lipinski definition) is 2. The minimum absolute atomic E-state index is 0.183. The standard InChI is InChI=1S/C10H11F3N2/c11-6-1-2-15(5-6)7-3-8(12)10(14)9(13)4-7/h3-4,6H,1-2,5,14H2/t6-/m1/s1. The molecule has 0 aliphatic carbocycles. The largest absolute Gasteiger partial charge is 0.394 e. The number of nitrogens with zero attached hydrogens (tertiary/aromatic N) is 1. The fourth-order valence-electron chi connectivity index (χ4n) is 1.71. The number of nitrogen functional groups attached to an aromatic ring is 1. The van der Waals surface area contributed by atoms with Gasteiger partial charge in [0.15, 0.2) is 11.6 Å². The van der Waals surface area contributed by atoms with Crippen LogP contribution in [0.5, 0.6) is 0 Å². The van der Waals surface area contributed by atoms with Crippen molar-refractivity contribution in [1.82, 2.24) is 0 Å². The molecule has 0 radical (unpaired) electrons. The Kier molecular flexibility index (Phi) is 2.46. The van der Waals surface area contributed by atoms with Gasteiger partial charge in [0, 0.05) is 18.8 Å². The molecular weight excluding hydrogens is 205 g/mol. The van der Waals surface area contributed by atoms with Gasteiger partial charge in [0.1, 0.15) is 11.9 Å². The van der Waals surface area contributed by atoms with Gasteiger partial charge >= 0.3 is 0 Å². The van der Waals surface area contributed by atoms with Crippen LogP contribution in [0.3, 0.4) is 0 Å². The van der Waals surface area contributed by atoms with Crippen molar-refractivity contribution in [1.29, 1.82) is 0 Å². The van der Waals surface area contributed by atoms with E-state index in [0.29, 0.717) is 18.7 Å². The van der Waals surface area contributed by atoms with Gasteiger partial charge in [0.25, 0.3) is 0 Å². The van der Waals surface area contributed by atoms with Gasteiger partial charge in [-0.1, -0.05) is 0 Å². The first kappa shape index (κ1) is 10.1. The van der Waals surface area contributed by atoms with Crippen LogP contribution in [0.2, 0.25) is 0 Å². The molecule has 1 aliphatic rings. The van der Waals surface area contributed by atoms with Gasteiger partial charge in [-0.3, -0.25) is 0 Å². The molecule has 1 atom stereocenters. The van der Waals surface area contributed by atoms with Crippen LogP contribution in [0.15, 0.2) is 12.1 Å². The molecule has 2 nitrogen and oxygen atoms in total. The summed E-state index contributed by atoms with van der Waals surface area (Å²) in [4.78, 5) is 1.61. The number of halogens is 3. The van der Waals surface area contributed by atoms with E-state index in [2.05, 4.69) is 0 Å². The summed E-state index contributed by atoms with van der Waals surface area (Å²) in [7, 11) is 0. The molecule has 0 amide bonds. The molecule has 5 heteroatoms. The van der Waals surface area contributed by atoms with Gasteiger partial charge in [-0.2, -0.15) is 0 Å². The second-order valence-electron chi connectivity index (χ2n) is 3.66. The van der Waals surface area contributed by atoms with Crippen molar-refractivity contribution in [3.63, 3.8) is 0 Å². The van der Waals surface area contributed by atoms with E-state index in [4.69, 9.17) is 5.73 Å². The maximum absolute atomic E-state index is 13.1. The Bertz CT molecular complexity index is 358. The average molecular weight is 216 g/mol. The number of nitrogens with two attached hydrogens (primary N) is 1. The zero-order chi connectivity index (χ0) is 11.0. The molecule has 1 aromatic rings. The minimum Gasteiger partial charge on any atom is -0.394 e. The third kappa shape index (κ3) is 1.86. The molecule has 15 heavy (non-hydrogen) atoms. The topological polar surface area (TPSA) is 29.3 Å². The third-order valence-electron chi connectivity index (χ3n) is 2.56. The lowest BCUT2D eigenvalue weighted by Gasteiger charge is -2.18. The molecule has 1 aromatic carbocycles. The van der Waals surface area contributed by atoms with E-state index >= 15 is 0 Å². The Balaban J connectivity index is 2.29. The number of benzene rings is 1. The van der Waals surface area contributed by atoms with Crippen LogP contribution in [0.1, 0.15) is 6.42 Å². The van der Waals surface area contributed by atoms with Crippen molar-refractivity contribution in [3.8, 4) is 0 Å². The van der Waals surface area contributed by atoms with E-state index in [1.165, 1.54) is 0 Å². The lowest BCUT2D eigenvalue weighted by Crippen LogP contribution is -2.20. The van der Waals surface area contributed by atoms with Crippen LogP contribution < -0.4 is 10.6 Å². The molecule has 1 heterocycles. The smallest absolute Gasteiger partial charge is 0.151 e. The zero-order valence-electron chi connectivity index (χ0n) is 8.01. The molecule has 82 valence electrons. The Morgan fingerprint density at radius 1 is 1.27 bits per heavy atom. The number of alkyl halides is 1. The predicted octanol–water partition coefficient (Wildman–Crippen LogP) is 2.10. The Morgan fingerprint density at radius 2 is 1.87 bits per heavy atom. The lowest BCUT2D eigenvalue weighted by atomic mass is 10.2. The van der Waals surface area contributed by atoms with Gasteiger partial charge in [-0.05, 0) is 18.6 Å². The predicted molar refractivity (Wildman–Crippen MR) is 52.5 cm³/mol. The molecule has 0 unspecified atom stereocenters. The zero-order valence-corrected chi connectivity index (χ0v) is 8.01. The fraction of sp³-hybridized carbons (Fsp3) is 0.400. The Morgan fingerprint density at radius 3 is 2.33 bits per heavy atom. The average Bonchev–Trinajstić information content (AvgIpc) is 2.60. The maximum Gasteiger partial charge on any atom is 0.151 e. The Hall–Kier alpha value is -1.39. The van der Waals surface area contributed by atoms with Gasteiger partial charge in [-0.25, -0.2) is 13.2 Å². The van der Waals surface area contributed by atoms with E-state index in [1.807, 2.05) is 0 Å². The van der Waals surface area contributed by atoms with Gasteiger partial charge < -0.3 is 10.6 Å². The van der Waals surface area contributed by atoms with E-state index < -0.39 is 23.5 Å². The van der Waals surface area contributed by atoms with Crippen molar-refractivity contribution in [3.05, 3.63) is 23.8 Å². The molecule has 2 N–H and O–H groups in total. The van der Waals surface area contributed by atoms with Crippen molar-refractivity contribution in [2.45, 2.75) is 12.6 Å². The number of hydrogen-bond donors (Lipinski definition) is 1. The number of anilines is 2. The van der Waals surface area contributed by atoms with E-state index in [1.54, 1.807) is 4.90 Å². The van der Waals surface area contributed by atoms with E-state index in [-0.39, 0.29) is 6.54 Å². The van der Waals surface area contributed by atoms with Crippen LogP contribution in [-0.2, 0) is 0 Å². The summed E-state index contributed by atoms with van der Waals surface area (Å²) < 4.78 is 39.1. The second kappa shape index (κ2) is 3.64. The monoisotopic (exact) mass is 216 g/mol. The summed E-state index contributed by atoms with van der Waals surface area (Å²) in [6.45, 7) is 0.659. The number of rotatable bonds is 1. The molecule has 0 spiro atoms. The highest BCUT2D eigenvalue weighted by molar-refractivity contribution is 5.55. The molecule has 1 saturated heterocycles. The van der Waals surface area contributed by atoms with Crippen LogP contribution >= 0.6 is 0 Å². The second-order valence-corrected chi connectivity index (χ2v) is 3.66. The van der Waals surface area contributed by atoms with Crippen molar-refractivity contribution < 1.29 is 13.2 Å². The fourth-order valence-corrected chi connectivity index (χ4v) is 1.71. The molecule has 1 fully saturated rings. The van der Waals surface area contributed by atoms with Crippen molar-refractivity contribution >= 4 is 11.4 Å². The summed E-state index contributed by atoms with van der Waals surface area (Å²) in [6.07, 6.45) is -0.526. The molecule has 0 bridgehead atoms. The molecule has 2 rings (SSSR count). The first-order chi connectivity index (χ1) is 7.08. The summed E-state index contributed by atoms with van der Waals surface area (Å²) in [5.74, 6) is -1.60. The minimum atomic E-state index is -0.923. The first-order valence-electron chi connectivity index (χ1n) is 4.71. The van der Waals surface area contributed by atoms with Crippen LogP contribution in [-0.4, -0.2) is 19.3 Å². The maximum atomic E-state index is 13.1. The molecular formula is C10H11F3N2. The SMILES string of the molecule is Nc1c(F)cc(N2CC[C@@H](F)C2)cc1F. The summed E-state index contributed by atoms with van der Waals surface area (Å²) >= 11 is 0. The van der Waals surface area contributed by atoms with Gasteiger partial charge in [0.2, 0.25) is 0 Å². The third-order valence-corrected chi connectivity index (χ3v) is 2.56. The normalized spacial score (nSPS) is 21.0. The van der Waals surface area contributed by atoms with E-state index in [9.17, 15) is 13.2 Å².